The zero-order chi connectivity index (χ0) is 22.4. The van der Waals surface area contributed by atoms with Crippen LogP contribution >= 0.6 is 0 Å². The number of aliphatic hydroxyl groups excluding tert-OH is 1. The van der Waals surface area contributed by atoms with Crippen LogP contribution in [0.4, 0.5) is 11.4 Å². The number of aliphatic hydroxyl groups is 1. The Bertz CT molecular complexity index is 1020. The molecular weight excluding hydrogens is 380 g/mol. The molecule has 0 fully saturated rings. The van der Waals surface area contributed by atoms with Crippen LogP contribution in [0.1, 0.15) is 16.7 Å². The van der Waals surface area contributed by atoms with Gasteiger partial charge < -0.3 is 25.1 Å². The lowest BCUT2D eigenvalue weighted by atomic mass is 10.0. The molecule has 3 N–H and O–H groups in total. The molecule has 0 spiro atoms. The maximum Gasteiger partial charge on any atom is 0.182 e. The molecule has 0 bridgehead atoms. The summed E-state index contributed by atoms with van der Waals surface area (Å²) in [7, 11) is 7.34. The molecule has 0 saturated heterocycles. The van der Waals surface area contributed by atoms with Gasteiger partial charge in [-0.25, -0.2) is 0 Å². The molecular formula is C24H28N2O4. The molecule has 0 saturated carbocycles. The van der Waals surface area contributed by atoms with Crippen molar-refractivity contribution >= 4 is 29.3 Å². The van der Waals surface area contributed by atoms with Crippen molar-refractivity contribution in [3.8, 4) is 11.5 Å². The average molecular weight is 408 g/mol. The summed E-state index contributed by atoms with van der Waals surface area (Å²) < 4.78 is 0. The van der Waals surface area contributed by atoms with E-state index in [4.69, 9.17) is 0 Å². The van der Waals surface area contributed by atoms with Crippen molar-refractivity contribution in [2.24, 2.45) is 0 Å². The van der Waals surface area contributed by atoms with Crippen LogP contribution < -0.4 is 9.80 Å². The highest BCUT2D eigenvalue weighted by Crippen LogP contribution is 2.32. The zero-order valence-electron chi connectivity index (χ0n) is 17.9. The summed E-state index contributed by atoms with van der Waals surface area (Å²) in [6.45, 7) is 1.78. The van der Waals surface area contributed by atoms with Gasteiger partial charge in [0.25, 0.3) is 0 Å². The molecule has 2 aromatic rings. The minimum atomic E-state index is -0.390. The van der Waals surface area contributed by atoms with Gasteiger partial charge in [0.15, 0.2) is 5.78 Å². The first-order valence-electron chi connectivity index (χ1n) is 9.41. The molecule has 30 heavy (non-hydrogen) atoms. The van der Waals surface area contributed by atoms with Crippen molar-refractivity contribution in [2.45, 2.75) is 6.92 Å². The highest BCUT2D eigenvalue weighted by atomic mass is 16.3. The number of phenolic OH excluding ortho intramolecular Hbond substituents is 2. The van der Waals surface area contributed by atoms with Gasteiger partial charge in [0.1, 0.15) is 17.3 Å². The number of hydrogen-bond donors (Lipinski definition) is 3. The van der Waals surface area contributed by atoms with Gasteiger partial charge in [-0.1, -0.05) is 24.3 Å². The van der Waals surface area contributed by atoms with Crippen LogP contribution in [-0.4, -0.2) is 49.3 Å². The average Bonchev–Trinajstić information content (AvgIpc) is 2.67. The molecule has 0 atom stereocenters. The summed E-state index contributed by atoms with van der Waals surface area (Å²) in [4.78, 5) is 15.7. The van der Waals surface area contributed by atoms with Crippen LogP contribution in [0.5, 0.6) is 11.5 Å². The fourth-order valence-corrected chi connectivity index (χ4v) is 2.86. The number of aromatic hydroxyl groups is 2. The van der Waals surface area contributed by atoms with E-state index in [1.165, 1.54) is 12.2 Å². The summed E-state index contributed by atoms with van der Waals surface area (Å²) >= 11 is 0. The molecule has 0 heterocycles. The molecule has 0 aromatic heterocycles. The van der Waals surface area contributed by atoms with E-state index in [0.29, 0.717) is 28.1 Å². The number of phenols is 2. The SMILES string of the molecule is Cc1c(/C=C/C(=O)/C=C(O)/C=C/c2ccc(N(C)C)c(O)c2)ccc(N(C)C)c1O. The van der Waals surface area contributed by atoms with E-state index in [1.54, 1.807) is 48.2 Å². The topological polar surface area (TPSA) is 84.2 Å². The highest BCUT2D eigenvalue weighted by Gasteiger charge is 2.09. The van der Waals surface area contributed by atoms with E-state index in [0.717, 1.165) is 6.08 Å². The van der Waals surface area contributed by atoms with Crippen molar-refractivity contribution in [3.05, 3.63) is 71.0 Å². The Kier molecular flexibility index (Phi) is 7.31. The van der Waals surface area contributed by atoms with Crippen LogP contribution in [0.3, 0.4) is 0 Å². The predicted molar refractivity (Wildman–Crippen MR) is 123 cm³/mol. The Labute approximate surface area is 177 Å². The maximum atomic E-state index is 12.1. The first kappa shape index (κ1) is 22.6. The van der Waals surface area contributed by atoms with E-state index in [-0.39, 0.29) is 17.3 Å². The van der Waals surface area contributed by atoms with Crippen molar-refractivity contribution in [1.29, 1.82) is 0 Å². The van der Waals surface area contributed by atoms with E-state index in [9.17, 15) is 20.1 Å². The largest absolute Gasteiger partial charge is 0.508 e. The van der Waals surface area contributed by atoms with Gasteiger partial charge in [0, 0.05) is 39.8 Å². The van der Waals surface area contributed by atoms with Gasteiger partial charge >= 0.3 is 0 Å². The molecule has 0 unspecified atom stereocenters. The second-order valence-corrected chi connectivity index (χ2v) is 7.32. The van der Waals surface area contributed by atoms with Crippen LogP contribution in [0.15, 0.2) is 54.3 Å². The molecule has 158 valence electrons. The highest BCUT2D eigenvalue weighted by molar-refractivity contribution is 6.02. The van der Waals surface area contributed by atoms with Crippen molar-refractivity contribution in [3.63, 3.8) is 0 Å². The van der Waals surface area contributed by atoms with Gasteiger partial charge in [0.05, 0.1) is 11.4 Å². The number of allylic oxidation sites excluding steroid dienone is 3. The fraction of sp³-hybridized carbons (Fsp3) is 0.208. The molecule has 0 radical (unpaired) electrons. The lowest BCUT2D eigenvalue weighted by Gasteiger charge is -2.16. The van der Waals surface area contributed by atoms with Crippen LogP contribution in [-0.2, 0) is 4.79 Å². The quantitative estimate of drug-likeness (QED) is 0.360. The number of nitrogens with zero attached hydrogens (tertiary/aromatic N) is 2. The van der Waals surface area contributed by atoms with Gasteiger partial charge in [-0.3, -0.25) is 4.79 Å². The third-order valence-electron chi connectivity index (χ3n) is 4.58. The van der Waals surface area contributed by atoms with E-state index in [1.807, 2.05) is 39.2 Å². The molecule has 0 aliphatic carbocycles. The Hall–Kier alpha value is -3.67. The predicted octanol–water partition coefficient (Wildman–Crippen LogP) is 4.28. The zero-order valence-corrected chi connectivity index (χ0v) is 17.9. The lowest BCUT2D eigenvalue weighted by molar-refractivity contribution is -0.110. The Morgan fingerprint density at radius 1 is 0.900 bits per heavy atom. The summed E-state index contributed by atoms with van der Waals surface area (Å²) in [6.07, 6.45) is 7.02. The first-order valence-corrected chi connectivity index (χ1v) is 9.41. The van der Waals surface area contributed by atoms with Gasteiger partial charge in [-0.15, -0.1) is 0 Å². The smallest absolute Gasteiger partial charge is 0.182 e. The van der Waals surface area contributed by atoms with E-state index in [2.05, 4.69) is 0 Å². The monoisotopic (exact) mass is 408 g/mol. The first-order chi connectivity index (χ1) is 14.1. The third-order valence-corrected chi connectivity index (χ3v) is 4.58. The molecule has 0 amide bonds. The van der Waals surface area contributed by atoms with Crippen LogP contribution in [0.25, 0.3) is 12.2 Å². The number of anilines is 2. The lowest BCUT2D eigenvalue weighted by Crippen LogP contribution is -2.09. The molecule has 2 aromatic carbocycles. The third kappa shape index (κ3) is 5.67. The van der Waals surface area contributed by atoms with Gasteiger partial charge in [0.2, 0.25) is 0 Å². The number of hydrogen-bond acceptors (Lipinski definition) is 6. The number of carbonyl (C=O) groups is 1. The number of carbonyl (C=O) groups excluding carboxylic acids is 1. The summed E-state index contributed by atoms with van der Waals surface area (Å²) in [5.41, 5.74) is 3.45. The summed E-state index contributed by atoms with van der Waals surface area (Å²) in [5.74, 6) is -0.301. The molecule has 6 nitrogen and oxygen atoms in total. The Balaban J connectivity index is 2.10. The molecule has 2 rings (SSSR count). The van der Waals surface area contributed by atoms with Crippen LogP contribution in [0.2, 0.25) is 0 Å². The standard InChI is InChI=1S/C24H28N2O4/c1-16-18(9-13-22(24(16)30)26(4)5)8-11-20(28)15-19(27)10-6-17-7-12-21(25(2)3)23(29)14-17/h6-15,27,29-30H,1-5H3/b10-6+,11-8+,19-15-. The number of ketones is 1. The summed E-state index contributed by atoms with van der Waals surface area (Å²) in [5, 5.41) is 30.3. The van der Waals surface area contributed by atoms with E-state index < -0.39 is 5.78 Å². The molecule has 6 heteroatoms. The molecule has 0 aliphatic rings. The maximum absolute atomic E-state index is 12.1. The van der Waals surface area contributed by atoms with Crippen LogP contribution in [0, 0.1) is 6.92 Å². The van der Waals surface area contributed by atoms with Crippen molar-refractivity contribution in [1.82, 2.24) is 0 Å². The van der Waals surface area contributed by atoms with Gasteiger partial charge in [-0.2, -0.15) is 0 Å². The number of rotatable bonds is 7. The number of benzene rings is 2. The van der Waals surface area contributed by atoms with Crippen molar-refractivity contribution < 1.29 is 20.1 Å². The van der Waals surface area contributed by atoms with Crippen molar-refractivity contribution in [2.75, 3.05) is 38.0 Å². The van der Waals surface area contributed by atoms with E-state index >= 15 is 0 Å². The van der Waals surface area contributed by atoms with Gasteiger partial charge in [-0.05, 0) is 48.4 Å². The Morgan fingerprint density at radius 2 is 1.53 bits per heavy atom. The molecule has 0 aliphatic heterocycles. The second kappa shape index (κ2) is 9.69. The summed E-state index contributed by atoms with van der Waals surface area (Å²) in [6, 6.07) is 8.74. The minimum absolute atomic E-state index is 0.128. The normalized spacial score (nSPS) is 12.0. The fourth-order valence-electron chi connectivity index (χ4n) is 2.86. The second-order valence-electron chi connectivity index (χ2n) is 7.32. The Morgan fingerprint density at radius 3 is 2.13 bits per heavy atom. The minimum Gasteiger partial charge on any atom is -0.508 e.